The predicted octanol–water partition coefficient (Wildman–Crippen LogP) is 6.92. The van der Waals surface area contributed by atoms with E-state index in [0.29, 0.717) is 18.0 Å². The summed E-state index contributed by atoms with van der Waals surface area (Å²) >= 11 is 6.52. The van der Waals surface area contributed by atoms with Crippen molar-refractivity contribution >= 4 is 28.9 Å². The van der Waals surface area contributed by atoms with E-state index in [9.17, 15) is 4.79 Å². The summed E-state index contributed by atoms with van der Waals surface area (Å²) in [5.41, 5.74) is 6.53. The average molecular weight is 539 g/mol. The number of carbonyl (C=O) groups is 1. The Balaban J connectivity index is 1.64. The van der Waals surface area contributed by atoms with Gasteiger partial charge in [-0.2, -0.15) is 0 Å². The van der Waals surface area contributed by atoms with Gasteiger partial charge in [0.2, 0.25) is 0 Å². The summed E-state index contributed by atoms with van der Waals surface area (Å²) in [5, 5.41) is 0.584. The van der Waals surface area contributed by atoms with Gasteiger partial charge in [-0.3, -0.25) is 9.79 Å². The van der Waals surface area contributed by atoms with Crippen LogP contribution in [0.25, 0.3) is 0 Å². The molecule has 4 aromatic rings. The highest BCUT2D eigenvalue weighted by Crippen LogP contribution is 2.33. The number of anilines is 1. The number of ether oxygens (including phenoxy) is 2. The second kappa shape index (κ2) is 11.7. The van der Waals surface area contributed by atoms with Crippen LogP contribution in [0.3, 0.4) is 0 Å². The number of aryl methyl sites for hydroxylation is 1. The highest BCUT2D eigenvalue weighted by atomic mass is 35.5. The molecule has 0 radical (unpaired) electrons. The molecular formula is C33H31ClN2O3. The normalized spacial score (nSPS) is 14.9. The van der Waals surface area contributed by atoms with Crippen LogP contribution in [0.5, 0.6) is 11.5 Å². The van der Waals surface area contributed by atoms with Gasteiger partial charge in [-0.25, -0.2) is 0 Å². The zero-order valence-corrected chi connectivity index (χ0v) is 23.1. The Kier molecular flexibility index (Phi) is 7.99. The molecule has 4 aromatic carbocycles. The molecule has 198 valence electrons. The van der Waals surface area contributed by atoms with E-state index in [-0.39, 0.29) is 5.91 Å². The van der Waals surface area contributed by atoms with Crippen molar-refractivity contribution in [1.29, 1.82) is 0 Å². The average Bonchev–Trinajstić information content (AvgIpc) is 3.08. The zero-order chi connectivity index (χ0) is 27.4. The number of nitrogens with zero attached hydrogens (tertiary/aromatic N) is 2. The first-order chi connectivity index (χ1) is 19.0. The summed E-state index contributed by atoms with van der Waals surface area (Å²) in [6.07, 6.45) is 1.42. The highest BCUT2D eigenvalue weighted by molar-refractivity contribution is 6.32. The molecule has 0 N–H and O–H groups in total. The van der Waals surface area contributed by atoms with E-state index in [4.69, 9.17) is 26.1 Å². The van der Waals surface area contributed by atoms with Crippen LogP contribution in [-0.4, -0.2) is 31.9 Å². The van der Waals surface area contributed by atoms with Gasteiger partial charge in [0.1, 0.15) is 17.5 Å². The van der Waals surface area contributed by atoms with Crippen LogP contribution >= 0.6 is 11.6 Å². The number of hydrogen-bond donors (Lipinski definition) is 0. The van der Waals surface area contributed by atoms with E-state index in [2.05, 4.69) is 25.1 Å². The number of methoxy groups -OCH3 is 2. The van der Waals surface area contributed by atoms with E-state index in [0.717, 1.165) is 51.6 Å². The van der Waals surface area contributed by atoms with E-state index in [1.807, 2.05) is 77.7 Å². The molecule has 5 nitrogen and oxygen atoms in total. The van der Waals surface area contributed by atoms with Gasteiger partial charge in [0.05, 0.1) is 32.2 Å². The molecule has 39 heavy (non-hydrogen) atoms. The summed E-state index contributed by atoms with van der Waals surface area (Å²) < 4.78 is 10.7. The first-order valence-corrected chi connectivity index (χ1v) is 13.4. The SMILES string of the molecule is CCc1cccc(CC2N=C(c3ccc(OC)cc3)c3cc(Cl)ccc3N(Cc3ccc(OC)cc3)C2=O)c1. The minimum Gasteiger partial charge on any atom is -0.497 e. The van der Waals surface area contributed by atoms with Crippen molar-refractivity contribution in [1.82, 2.24) is 0 Å². The van der Waals surface area contributed by atoms with E-state index >= 15 is 0 Å². The molecule has 1 aliphatic rings. The number of rotatable bonds is 8. The number of benzodiazepines with no additional fused rings is 1. The summed E-state index contributed by atoms with van der Waals surface area (Å²) in [7, 11) is 3.28. The van der Waals surface area contributed by atoms with Crippen molar-refractivity contribution in [3.8, 4) is 11.5 Å². The fourth-order valence-electron chi connectivity index (χ4n) is 4.90. The Morgan fingerprint density at radius 1 is 0.821 bits per heavy atom. The molecule has 0 aromatic heterocycles. The summed E-state index contributed by atoms with van der Waals surface area (Å²) in [6.45, 7) is 2.53. The lowest BCUT2D eigenvalue weighted by Gasteiger charge is -2.26. The Labute approximate surface area is 234 Å². The lowest BCUT2D eigenvalue weighted by molar-refractivity contribution is -0.119. The van der Waals surface area contributed by atoms with Crippen LogP contribution in [-0.2, 0) is 24.2 Å². The van der Waals surface area contributed by atoms with Crippen molar-refractivity contribution in [3.63, 3.8) is 0 Å². The summed E-state index contributed by atoms with van der Waals surface area (Å²) in [6, 6.07) is 29.0. The minimum absolute atomic E-state index is 0.0557. The first kappa shape index (κ1) is 26.5. The molecular weight excluding hydrogens is 508 g/mol. The molecule has 1 amide bonds. The van der Waals surface area contributed by atoms with Gasteiger partial charge in [-0.1, -0.05) is 54.9 Å². The number of carbonyl (C=O) groups excluding carboxylic acids is 1. The fourth-order valence-corrected chi connectivity index (χ4v) is 5.07. The summed E-state index contributed by atoms with van der Waals surface area (Å²) in [4.78, 5) is 21.3. The monoisotopic (exact) mass is 538 g/mol. The van der Waals surface area contributed by atoms with Crippen LogP contribution in [0.1, 0.15) is 34.7 Å². The van der Waals surface area contributed by atoms with Gasteiger partial charge >= 0.3 is 0 Å². The largest absolute Gasteiger partial charge is 0.497 e. The van der Waals surface area contributed by atoms with Crippen molar-refractivity contribution < 1.29 is 14.3 Å². The Bertz CT molecular complexity index is 1500. The maximum absolute atomic E-state index is 14.3. The second-order valence-corrected chi connectivity index (χ2v) is 9.97. The maximum atomic E-state index is 14.3. The molecule has 0 saturated heterocycles. The molecule has 0 spiro atoms. The first-order valence-electron chi connectivity index (χ1n) is 13.0. The number of aliphatic imine (C=N–C) groups is 1. The lowest BCUT2D eigenvalue weighted by Crippen LogP contribution is -2.38. The number of amides is 1. The van der Waals surface area contributed by atoms with E-state index < -0.39 is 6.04 Å². The second-order valence-electron chi connectivity index (χ2n) is 9.53. The third-order valence-electron chi connectivity index (χ3n) is 7.03. The molecule has 1 aliphatic heterocycles. The fraction of sp³-hybridized carbons (Fsp3) is 0.212. The Morgan fingerprint density at radius 2 is 1.49 bits per heavy atom. The molecule has 0 fully saturated rings. The topological polar surface area (TPSA) is 51.1 Å². The van der Waals surface area contributed by atoms with Gasteiger partial charge in [0, 0.05) is 22.6 Å². The molecule has 6 heteroatoms. The molecule has 1 heterocycles. The van der Waals surface area contributed by atoms with Gasteiger partial charge in [0.15, 0.2) is 0 Å². The van der Waals surface area contributed by atoms with E-state index in [1.165, 1.54) is 5.56 Å². The van der Waals surface area contributed by atoms with Gasteiger partial charge in [-0.15, -0.1) is 0 Å². The van der Waals surface area contributed by atoms with Crippen LogP contribution in [0.4, 0.5) is 5.69 Å². The van der Waals surface area contributed by atoms with Crippen LogP contribution in [0, 0.1) is 0 Å². The molecule has 0 saturated carbocycles. The highest BCUT2D eigenvalue weighted by Gasteiger charge is 2.32. The summed E-state index contributed by atoms with van der Waals surface area (Å²) in [5.74, 6) is 1.47. The number of fused-ring (bicyclic) bond motifs is 1. The van der Waals surface area contributed by atoms with Crippen LogP contribution in [0.15, 0.2) is 96.0 Å². The molecule has 5 rings (SSSR count). The van der Waals surface area contributed by atoms with Crippen molar-refractivity contribution in [3.05, 3.63) is 124 Å². The third-order valence-corrected chi connectivity index (χ3v) is 7.27. The zero-order valence-electron chi connectivity index (χ0n) is 22.4. The van der Waals surface area contributed by atoms with Crippen LogP contribution in [0.2, 0.25) is 5.02 Å². The maximum Gasteiger partial charge on any atom is 0.252 e. The Hall–Kier alpha value is -4.09. The van der Waals surface area contributed by atoms with Gasteiger partial charge in [-0.05, 0) is 77.7 Å². The number of halogens is 1. The van der Waals surface area contributed by atoms with Gasteiger partial charge < -0.3 is 14.4 Å². The van der Waals surface area contributed by atoms with Crippen LogP contribution < -0.4 is 14.4 Å². The van der Waals surface area contributed by atoms with Crippen molar-refractivity contribution in [2.75, 3.05) is 19.1 Å². The number of benzene rings is 4. The molecule has 1 atom stereocenters. The third kappa shape index (κ3) is 5.84. The Morgan fingerprint density at radius 3 is 2.15 bits per heavy atom. The number of hydrogen-bond acceptors (Lipinski definition) is 4. The quantitative estimate of drug-likeness (QED) is 0.245. The van der Waals surface area contributed by atoms with Crippen molar-refractivity contribution in [2.24, 2.45) is 4.99 Å². The molecule has 0 bridgehead atoms. The molecule has 0 aliphatic carbocycles. The lowest BCUT2D eigenvalue weighted by atomic mass is 9.99. The predicted molar refractivity (Wildman–Crippen MR) is 158 cm³/mol. The standard InChI is InChI=1S/C33H31ClN2O3/c1-4-22-6-5-7-24(18-22)19-30-33(37)36(21-23-8-13-27(38-2)14-9-23)31-17-12-26(34)20-29(31)32(35-30)25-10-15-28(39-3)16-11-25/h5-18,20,30H,4,19,21H2,1-3H3. The van der Waals surface area contributed by atoms with Gasteiger partial charge in [0.25, 0.3) is 5.91 Å². The van der Waals surface area contributed by atoms with E-state index in [1.54, 1.807) is 14.2 Å². The molecule has 1 unspecified atom stereocenters. The smallest absolute Gasteiger partial charge is 0.252 e. The van der Waals surface area contributed by atoms with Crippen molar-refractivity contribution in [2.45, 2.75) is 32.4 Å². The minimum atomic E-state index is -0.612.